The quantitative estimate of drug-likeness (QED) is 0.871. The first-order valence-electron chi connectivity index (χ1n) is 7.61. The second kappa shape index (κ2) is 5.73. The van der Waals surface area contributed by atoms with Crippen molar-refractivity contribution >= 4 is 12.2 Å². The van der Waals surface area contributed by atoms with Gasteiger partial charge in [0, 0.05) is 5.56 Å². The van der Waals surface area contributed by atoms with E-state index in [9.17, 15) is 0 Å². The Morgan fingerprint density at radius 2 is 1.95 bits per heavy atom. The van der Waals surface area contributed by atoms with Crippen LogP contribution < -0.4 is 14.4 Å². The zero-order valence-corrected chi connectivity index (χ0v) is 13.0. The fraction of sp³-hybridized carbons (Fsp3) is 0.467. The fourth-order valence-corrected chi connectivity index (χ4v) is 3.16. The SMILES string of the molecule is S=c1oc(-c2ccc3c(c2)OCO3)nn1C[NH+]1CCCCC1. The van der Waals surface area contributed by atoms with Crippen LogP contribution >= 0.6 is 12.2 Å². The molecule has 22 heavy (non-hydrogen) atoms. The van der Waals surface area contributed by atoms with Gasteiger partial charge < -0.3 is 18.8 Å². The smallest absolute Gasteiger partial charge is 0.292 e. The average Bonchev–Trinajstić information content (AvgIpc) is 3.15. The largest absolute Gasteiger partial charge is 0.454 e. The monoisotopic (exact) mass is 320 g/mol. The number of quaternary nitrogens is 1. The van der Waals surface area contributed by atoms with Gasteiger partial charge >= 0.3 is 0 Å². The lowest BCUT2D eigenvalue weighted by molar-refractivity contribution is -0.928. The minimum absolute atomic E-state index is 0.259. The molecule has 2 aliphatic rings. The number of rotatable bonds is 3. The Morgan fingerprint density at radius 3 is 2.82 bits per heavy atom. The van der Waals surface area contributed by atoms with Crippen LogP contribution in [0.15, 0.2) is 22.6 Å². The van der Waals surface area contributed by atoms with E-state index in [4.69, 9.17) is 26.1 Å². The summed E-state index contributed by atoms with van der Waals surface area (Å²) in [5.74, 6) is 1.99. The van der Waals surface area contributed by atoms with E-state index in [1.165, 1.54) is 37.3 Å². The molecular weight excluding hydrogens is 302 g/mol. The van der Waals surface area contributed by atoms with Crippen molar-refractivity contribution in [2.24, 2.45) is 0 Å². The van der Waals surface area contributed by atoms with Crippen molar-refractivity contribution in [2.75, 3.05) is 19.9 Å². The standard InChI is InChI=1S/C15H17N3O3S/c22-15-18(9-17-6-2-1-3-7-17)16-14(21-15)11-4-5-12-13(8-11)20-10-19-12/h4-5,8H,1-3,6-7,9-10H2/p+1. The second-order valence-electron chi connectivity index (χ2n) is 5.71. The van der Waals surface area contributed by atoms with Crippen LogP contribution in [0.25, 0.3) is 11.5 Å². The van der Waals surface area contributed by atoms with Gasteiger partial charge in [-0.3, -0.25) is 0 Å². The summed E-state index contributed by atoms with van der Waals surface area (Å²) < 4.78 is 18.2. The highest BCUT2D eigenvalue weighted by Gasteiger charge is 2.19. The highest BCUT2D eigenvalue weighted by Crippen LogP contribution is 2.35. The van der Waals surface area contributed by atoms with Crippen molar-refractivity contribution in [2.45, 2.75) is 25.9 Å². The van der Waals surface area contributed by atoms with Gasteiger partial charge in [-0.1, -0.05) is 0 Å². The lowest BCUT2D eigenvalue weighted by Gasteiger charge is -2.22. The number of aromatic nitrogens is 2. The van der Waals surface area contributed by atoms with Crippen molar-refractivity contribution in [1.29, 1.82) is 0 Å². The normalized spacial score (nSPS) is 17.8. The lowest BCUT2D eigenvalue weighted by atomic mass is 10.1. The van der Waals surface area contributed by atoms with Crippen LogP contribution in [-0.4, -0.2) is 29.7 Å². The number of ether oxygens (including phenoxy) is 2. The summed E-state index contributed by atoms with van der Waals surface area (Å²) in [6.45, 7) is 3.38. The molecule has 0 bridgehead atoms. The van der Waals surface area contributed by atoms with Crippen LogP contribution in [0.5, 0.6) is 11.5 Å². The average molecular weight is 320 g/mol. The van der Waals surface area contributed by atoms with Crippen molar-refractivity contribution in [3.8, 4) is 23.0 Å². The number of nitrogens with one attached hydrogen (secondary N) is 1. The summed E-state index contributed by atoms with van der Waals surface area (Å²) in [5, 5.41) is 4.53. The molecular formula is C15H18N3O3S+. The summed E-state index contributed by atoms with van der Waals surface area (Å²) in [6, 6.07) is 5.65. The third kappa shape index (κ3) is 2.62. The Morgan fingerprint density at radius 1 is 1.14 bits per heavy atom. The molecule has 1 fully saturated rings. The van der Waals surface area contributed by atoms with Crippen LogP contribution in [-0.2, 0) is 6.67 Å². The summed E-state index contributed by atoms with van der Waals surface area (Å²) in [4.78, 5) is 1.93. The maximum Gasteiger partial charge on any atom is 0.292 e. The second-order valence-corrected chi connectivity index (χ2v) is 6.06. The molecule has 1 N–H and O–H groups in total. The van der Waals surface area contributed by atoms with Gasteiger partial charge in [0.1, 0.15) is 0 Å². The number of fused-ring (bicyclic) bond motifs is 1. The van der Waals surface area contributed by atoms with Crippen LogP contribution in [0.3, 0.4) is 0 Å². The van der Waals surface area contributed by atoms with E-state index < -0.39 is 0 Å². The zero-order chi connectivity index (χ0) is 14.9. The Balaban J connectivity index is 1.58. The molecule has 0 atom stereocenters. The van der Waals surface area contributed by atoms with Gasteiger partial charge in [0.2, 0.25) is 12.7 Å². The Kier molecular flexibility index (Phi) is 3.59. The molecule has 0 radical (unpaired) electrons. The summed E-state index contributed by atoms with van der Waals surface area (Å²) in [6.07, 6.45) is 3.88. The molecule has 0 aliphatic carbocycles. The maximum absolute atomic E-state index is 5.66. The molecule has 4 rings (SSSR count). The number of benzene rings is 1. The molecule has 7 heteroatoms. The molecule has 3 heterocycles. The summed E-state index contributed by atoms with van der Waals surface area (Å²) in [7, 11) is 0. The first-order valence-corrected chi connectivity index (χ1v) is 8.02. The minimum atomic E-state index is 0.259. The predicted octanol–water partition coefficient (Wildman–Crippen LogP) is 1.63. The molecule has 1 aromatic heterocycles. The van der Waals surface area contributed by atoms with Gasteiger partial charge in [-0.2, -0.15) is 4.68 Å². The first kappa shape index (κ1) is 13.8. The number of likely N-dealkylation sites (tertiary alicyclic amines) is 1. The van der Waals surface area contributed by atoms with E-state index in [2.05, 4.69) is 5.10 Å². The highest BCUT2D eigenvalue weighted by atomic mass is 32.1. The molecule has 116 valence electrons. The topological polar surface area (TPSA) is 53.9 Å². The first-order chi connectivity index (χ1) is 10.8. The Hall–Kier alpha value is -1.86. The number of hydrogen-bond acceptors (Lipinski definition) is 5. The number of hydrogen-bond donors (Lipinski definition) is 1. The molecule has 0 amide bonds. The van der Waals surface area contributed by atoms with E-state index >= 15 is 0 Å². The van der Waals surface area contributed by atoms with Gasteiger partial charge in [-0.05, 0) is 49.7 Å². The predicted molar refractivity (Wildman–Crippen MR) is 81.4 cm³/mol. The molecule has 0 spiro atoms. The maximum atomic E-state index is 5.66. The van der Waals surface area contributed by atoms with Crippen molar-refractivity contribution in [1.82, 2.24) is 9.78 Å². The fourth-order valence-electron chi connectivity index (χ4n) is 2.97. The van der Waals surface area contributed by atoms with Gasteiger partial charge in [0.25, 0.3) is 4.84 Å². The van der Waals surface area contributed by atoms with Gasteiger partial charge in [-0.15, -0.1) is 5.10 Å². The van der Waals surface area contributed by atoms with E-state index in [0.29, 0.717) is 10.7 Å². The van der Waals surface area contributed by atoms with Crippen LogP contribution in [0.1, 0.15) is 19.3 Å². The summed E-state index contributed by atoms with van der Waals surface area (Å²) in [5.41, 5.74) is 0.850. The molecule has 1 saturated heterocycles. The van der Waals surface area contributed by atoms with Crippen molar-refractivity contribution in [3.05, 3.63) is 23.0 Å². The van der Waals surface area contributed by atoms with Crippen LogP contribution in [0, 0.1) is 4.84 Å². The third-order valence-corrected chi connectivity index (χ3v) is 4.45. The highest BCUT2D eigenvalue weighted by molar-refractivity contribution is 7.71. The van der Waals surface area contributed by atoms with E-state index in [-0.39, 0.29) is 6.79 Å². The van der Waals surface area contributed by atoms with Gasteiger partial charge in [-0.25, -0.2) is 0 Å². The summed E-state index contributed by atoms with van der Waals surface area (Å²) >= 11 is 5.31. The minimum Gasteiger partial charge on any atom is -0.454 e. The van der Waals surface area contributed by atoms with E-state index in [1.807, 2.05) is 18.2 Å². The molecule has 0 unspecified atom stereocenters. The number of nitrogens with zero attached hydrogens (tertiary/aromatic N) is 2. The molecule has 6 nitrogen and oxygen atoms in total. The Labute approximate surface area is 133 Å². The van der Waals surface area contributed by atoms with Crippen molar-refractivity contribution < 1.29 is 18.8 Å². The van der Waals surface area contributed by atoms with Crippen LogP contribution in [0.2, 0.25) is 0 Å². The van der Waals surface area contributed by atoms with Crippen LogP contribution in [0.4, 0.5) is 0 Å². The molecule has 0 saturated carbocycles. The molecule has 2 aromatic rings. The van der Waals surface area contributed by atoms with E-state index in [0.717, 1.165) is 23.7 Å². The van der Waals surface area contributed by atoms with Gasteiger partial charge in [0.15, 0.2) is 18.2 Å². The third-order valence-electron chi connectivity index (χ3n) is 4.16. The molecule has 1 aromatic carbocycles. The van der Waals surface area contributed by atoms with Crippen molar-refractivity contribution in [3.63, 3.8) is 0 Å². The van der Waals surface area contributed by atoms with E-state index in [1.54, 1.807) is 4.68 Å². The molecule has 2 aliphatic heterocycles. The zero-order valence-electron chi connectivity index (χ0n) is 12.2. The lowest BCUT2D eigenvalue weighted by Crippen LogP contribution is -3.12. The number of piperidine rings is 1. The Bertz CT molecular complexity index is 734. The van der Waals surface area contributed by atoms with Gasteiger partial charge in [0.05, 0.1) is 13.1 Å².